The Kier molecular flexibility index (Phi) is 7.85. The normalized spacial score (nSPS) is 15.9. The number of fused-ring (bicyclic) bond motifs is 1. The van der Waals surface area contributed by atoms with Crippen LogP contribution >= 0.6 is 11.3 Å². The van der Waals surface area contributed by atoms with Gasteiger partial charge in [0.1, 0.15) is 11.2 Å². The van der Waals surface area contributed by atoms with Crippen LogP contribution in [0.4, 0.5) is 0 Å². The summed E-state index contributed by atoms with van der Waals surface area (Å²) in [6.45, 7) is 5.20. The van der Waals surface area contributed by atoms with Crippen LogP contribution in [0.5, 0.6) is 0 Å². The molecule has 0 aliphatic carbocycles. The van der Waals surface area contributed by atoms with E-state index in [-0.39, 0.29) is 42.9 Å². The number of likely N-dealkylation sites (tertiary alicyclic amines) is 1. The molecule has 1 atom stereocenters. The second kappa shape index (κ2) is 11.0. The van der Waals surface area contributed by atoms with Gasteiger partial charge in [-0.2, -0.15) is 0 Å². The smallest absolute Gasteiger partial charge is 0.332 e. The monoisotopic (exact) mass is 496 g/mol. The Labute approximate surface area is 208 Å². The topological polar surface area (TPSA) is 93.4 Å². The minimum absolute atomic E-state index is 0.0896. The molecule has 1 fully saturated rings. The molecule has 35 heavy (non-hydrogen) atoms. The molecule has 1 aliphatic heterocycles. The third-order valence-electron chi connectivity index (χ3n) is 6.65. The van der Waals surface area contributed by atoms with Crippen LogP contribution in [0.25, 0.3) is 10.2 Å². The molecule has 1 aromatic carbocycles. The second-order valence-electron chi connectivity index (χ2n) is 9.26. The van der Waals surface area contributed by atoms with Gasteiger partial charge in [-0.3, -0.25) is 23.5 Å². The summed E-state index contributed by atoms with van der Waals surface area (Å²) in [5.74, 6) is -0.238. The Morgan fingerprint density at radius 3 is 2.60 bits per heavy atom. The van der Waals surface area contributed by atoms with E-state index < -0.39 is 5.69 Å². The molecule has 8 nitrogen and oxygen atoms in total. The van der Waals surface area contributed by atoms with Crippen molar-refractivity contribution in [2.24, 2.45) is 0 Å². The van der Waals surface area contributed by atoms with Gasteiger partial charge in [-0.1, -0.05) is 29.8 Å². The van der Waals surface area contributed by atoms with Crippen molar-refractivity contribution in [3.8, 4) is 0 Å². The minimum Gasteiger partial charge on any atom is -0.352 e. The Morgan fingerprint density at radius 2 is 1.86 bits per heavy atom. The molecule has 2 aromatic heterocycles. The highest BCUT2D eigenvalue weighted by Crippen LogP contribution is 2.19. The molecule has 4 rings (SSSR count). The number of hydrogen-bond donors (Lipinski definition) is 1. The number of amides is 2. The van der Waals surface area contributed by atoms with Crippen molar-refractivity contribution < 1.29 is 9.59 Å². The number of carbonyl (C=O) groups is 2. The number of hydrogen-bond acceptors (Lipinski definition) is 5. The lowest BCUT2D eigenvalue weighted by Crippen LogP contribution is -2.47. The van der Waals surface area contributed by atoms with Crippen LogP contribution < -0.4 is 16.6 Å². The van der Waals surface area contributed by atoms with Crippen molar-refractivity contribution in [2.75, 3.05) is 6.54 Å². The molecular weight excluding hydrogens is 464 g/mol. The summed E-state index contributed by atoms with van der Waals surface area (Å²) in [5, 5.41) is 4.64. The summed E-state index contributed by atoms with van der Waals surface area (Å²) in [6, 6.07) is 9.81. The molecule has 2 amide bonds. The van der Waals surface area contributed by atoms with Gasteiger partial charge in [0.2, 0.25) is 11.8 Å². The molecule has 186 valence electrons. The fourth-order valence-corrected chi connectivity index (χ4v) is 5.41. The minimum atomic E-state index is -0.501. The van der Waals surface area contributed by atoms with Crippen LogP contribution in [0.15, 0.2) is 45.3 Å². The SMILES string of the molecule is Cc1ccc(CNC(=O)CCCn2c(=O)c3sccc3n(CC(=O)N3CCCC[C@@H]3C)c2=O)cc1. The summed E-state index contributed by atoms with van der Waals surface area (Å²) < 4.78 is 3.03. The number of piperidine rings is 1. The lowest BCUT2D eigenvalue weighted by Gasteiger charge is -2.33. The summed E-state index contributed by atoms with van der Waals surface area (Å²) in [5.41, 5.74) is 1.80. The molecule has 0 unspecified atom stereocenters. The number of aromatic nitrogens is 2. The van der Waals surface area contributed by atoms with Crippen LogP contribution in [0, 0.1) is 6.92 Å². The Morgan fingerprint density at radius 1 is 1.09 bits per heavy atom. The molecule has 0 bridgehead atoms. The number of thiophene rings is 1. The first-order valence-corrected chi connectivity index (χ1v) is 13.1. The van der Waals surface area contributed by atoms with Gasteiger partial charge < -0.3 is 10.2 Å². The lowest BCUT2D eigenvalue weighted by atomic mass is 10.0. The van der Waals surface area contributed by atoms with Gasteiger partial charge in [-0.05, 0) is 56.5 Å². The maximum Gasteiger partial charge on any atom is 0.332 e. The van der Waals surface area contributed by atoms with Crippen molar-refractivity contribution in [1.29, 1.82) is 0 Å². The highest BCUT2D eigenvalue weighted by atomic mass is 32.1. The van der Waals surface area contributed by atoms with Gasteiger partial charge >= 0.3 is 5.69 Å². The molecular formula is C26H32N4O4S. The van der Waals surface area contributed by atoms with Gasteiger partial charge in [-0.25, -0.2) is 4.79 Å². The fraction of sp³-hybridized carbons (Fsp3) is 0.462. The molecule has 1 N–H and O–H groups in total. The fourth-order valence-electron chi connectivity index (χ4n) is 4.57. The van der Waals surface area contributed by atoms with Crippen LogP contribution in [0.1, 0.15) is 50.2 Å². The van der Waals surface area contributed by atoms with E-state index in [4.69, 9.17) is 0 Å². The first kappa shape index (κ1) is 24.9. The summed E-state index contributed by atoms with van der Waals surface area (Å²) >= 11 is 1.26. The Hall–Kier alpha value is -3.20. The molecule has 1 aliphatic rings. The quantitative estimate of drug-likeness (QED) is 0.519. The first-order valence-electron chi connectivity index (χ1n) is 12.2. The first-order chi connectivity index (χ1) is 16.8. The maximum absolute atomic E-state index is 13.3. The largest absolute Gasteiger partial charge is 0.352 e. The number of rotatable bonds is 8. The predicted molar refractivity (Wildman–Crippen MR) is 138 cm³/mol. The van der Waals surface area contributed by atoms with Crippen molar-refractivity contribution in [2.45, 2.75) is 71.6 Å². The van der Waals surface area contributed by atoms with Crippen LogP contribution in [-0.4, -0.2) is 38.4 Å². The number of benzene rings is 1. The van der Waals surface area contributed by atoms with Gasteiger partial charge in [0, 0.05) is 32.1 Å². The van der Waals surface area contributed by atoms with Gasteiger partial charge in [0.15, 0.2) is 0 Å². The summed E-state index contributed by atoms with van der Waals surface area (Å²) in [4.78, 5) is 53.4. The highest BCUT2D eigenvalue weighted by Gasteiger charge is 2.25. The molecule has 0 spiro atoms. The molecule has 0 radical (unpaired) electrons. The Bertz CT molecular complexity index is 1320. The van der Waals surface area contributed by atoms with E-state index in [1.54, 1.807) is 11.4 Å². The molecule has 9 heteroatoms. The van der Waals surface area contributed by atoms with Crippen LogP contribution in [0.3, 0.4) is 0 Å². The van der Waals surface area contributed by atoms with E-state index in [1.165, 1.54) is 20.5 Å². The van der Waals surface area contributed by atoms with E-state index in [1.807, 2.05) is 43.0 Å². The highest BCUT2D eigenvalue weighted by molar-refractivity contribution is 7.17. The Balaban J connectivity index is 1.44. The third-order valence-corrected chi connectivity index (χ3v) is 7.54. The summed E-state index contributed by atoms with van der Waals surface area (Å²) in [7, 11) is 0. The van der Waals surface area contributed by atoms with E-state index in [9.17, 15) is 19.2 Å². The zero-order valence-corrected chi connectivity index (χ0v) is 21.1. The number of nitrogens with zero attached hydrogens (tertiary/aromatic N) is 3. The second-order valence-corrected chi connectivity index (χ2v) is 10.2. The van der Waals surface area contributed by atoms with Crippen molar-refractivity contribution in [3.05, 3.63) is 67.7 Å². The lowest BCUT2D eigenvalue weighted by molar-refractivity contribution is -0.135. The van der Waals surface area contributed by atoms with Crippen molar-refractivity contribution >= 4 is 33.4 Å². The van der Waals surface area contributed by atoms with E-state index >= 15 is 0 Å². The zero-order chi connectivity index (χ0) is 24.9. The zero-order valence-electron chi connectivity index (χ0n) is 20.3. The number of aryl methyl sites for hydroxylation is 1. The van der Waals surface area contributed by atoms with Gasteiger partial charge in [0.25, 0.3) is 5.56 Å². The molecule has 0 saturated carbocycles. The average molecular weight is 497 g/mol. The van der Waals surface area contributed by atoms with E-state index in [0.29, 0.717) is 29.7 Å². The van der Waals surface area contributed by atoms with E-state index in [0.717, 1.165) is 30.4 Å². The number of nitrogens with one attached hydrogen (secondary N) is 1. The van der Waals surface area contributed by atoms with Crippen LogP contribution in [-0.2, 0) is 29.2 Å². The van der Waals surface area contributed by atoms with Crippen LogP contribution in [0.2, 0.25) is 0 Å². The standard InChI is InChI=1S/C26H32N4O4S/c1-18-8-10-20(11-9-18)16-27-22(31)7-5-14-29-25(33)24-21(12-15-35-24)30(26(29)34)17-23(32)28-13-4-3-6-19(28)2/h8-12,15,19H,3-7,13-14,16-17H2,1-2H3,(H,27,31)/t19-/m0/s1. The molecule has 3 aromatic rings. The molecule has 3 heterocycles. The number of carbonyl (C=O) groups excluding carboxylic acids is 2. The van der Waals surface area contributed by atoms with Crippen molar-refractivity contribution in [1.82, 2.24) is 19.4 Å². The summed E-state index contributed by atoms with van der Waals surface area (Å²) in [6.07, 6.45) is 3.57. The third kappa shape index (κ3) is 5.73. The average Bonchev–Trinajstić information content (AvgIpc) is 3.34. The van der Waals surface area contributed by atoms with Gasteiger partial charge in [0.05, 0.1) is 5.52 Å². The van der Waals surface area contributed by atoms with Gasteiger partial charge in [-0.15, -0.1) is 11.3 Å². The van der Waals surface area contributed by atoms with Crippen molar-refractivity contribution in [3.63, 3.8) is 0 Å². The molecule has 1 saturated heterocycles. The maximum atomic E-state index is 13.3. The predicted octanol–water partition coefficient (Wildman–Crippen LogP) is 3.03. The van der Waals surface area contributed by atoms with E-state index in [2.05, 4.69) is 5.32 Å².